The van der Waals surface area contributed by atoms with Crippen molar-refractivity contribution in [1.82, 2.24) is 20.3 Å². The van der Waals surface area contributed by atoms with Gasteiger partial charge in [-0.2, -0.15) is 5.10 Å². The Hall–Kier alpha value is -3.09. The van der Waals surface area contributed by atoms with Crippen molar-refractivity contribution >= 4 is 5.91 Å². The minimum atomic E-state index is -0.266. The molecule has 25 heavy (non-hydrogen) atoms. The molecule has 130 valence electrons. The highest BCUT2D eigenvalue weighted by atomic mass is 16.5. The van der Waals surface area contributed by atoms with E-state index in [2.05, 4.69) is 15.6 Å². The Morgan fingerprint density at radius 2 is 2.20 bits per heavy atom. The van der Waals surface area contributed by atoms with Gasteiger partial charge < -0.3 is 14.6 Å². The molecule has 7 heteroatoms. The van der Waals surface area contributed by atoms with Crippen LogP contribution < -0.4 is 10.1 Å². The highest BCUT2D eigenvalue weighted by Crippen LogP contribution is 2.29. The van der Waals surface area contributed by atoms with Crippen molar-refractivity contribution in [3.63, 3.8) is 0 Å². The zero-order valence-corrected chi connectivity index (χ0v) is 14.2. The van der Waals surface area contributed by atoms with Crippen LogP contribution in [0.25, 0.3) is 11.3 Å². The molecule has 0 radical (unpaired) electrons. The van der Waals surface area contributed by atoms with E-state index < -0.39 is 0 Å². The lowest BCUT2D eigenvalue weighted by molar-refractivity contribution is 0.0937. The molecule has 1 N–H and O–H groups in total. The van der Waals surface area contributed by atoms with Crippen LogP contribution in [0.5, 0.6) is 5.75 Å². The normalized spacial score (nSPS) is 11.9. The van der Waals surface area contributed by atoms with Crippen molar-refractivity contribution < 1.29 is 14.1 Å². The highest BCUT2D eigenvalue weighted by Gasteiger charge is 2.16. The van der Waals surface area contributed by atoms with Gasteiger partial charge in [0, 0.05) is 31.5 Å². The van der Waals surface area contributed by atoms with Crippen LogP contribution in [0.3, 0.4) is 0 Å². The summed E-state index contributed by atoms with van der Waals surface area (Å²) in [7, 11) is 1.59. The van der Waals surface area contributed by atoms with Crippen molar-refractivity contribution in [3.8, 4) is 17.1 Å². The first-order valence-electron chi connectivity index (χ1n) is 8.03. The zero-order chi connectivity index (χ0) is 17.6. The number of amides is 1. The third-order valence-electron chi connectivity index (χ3n) is 3.78. The first kappa shape index (κ1) is 16.8. The molecule has 0 saturated carbocycles. The van der Waals surface area contributed by atoms with Crippen molar-refractivity contribution in [2.24, 2.45) is 5.92 Å². The molecule has 0 aliphatic heterocycles. The average Bonchev–Trinajstić information content (AvgIpc) is 3.31. The fraction of sp³-hybridized carbons (Fsp3) is 0.278. The molecule has 1 atom stereocenters. The SMILES string of the molecule is COc1ccccc1-c1cc(C(=O)NCC(C)Cn2cccn2)no1. The molecule has 0 aliphatic carbocycles. The lowest BCUT2D eigenvalue weighted by Crippen LogP contribution is -2.30. The summed E-state index contributed by atoms with van der Waals surface area (Å²) in [5.41, 5.74) is 0.996. The second-order valence-corrected chi connectivity index (χ2v) is 5.82. The van der Waals surface area contributed by atoms with Crippen molar-refractivity contribution in [1.29, 1.82) is 0 Å². The Labute approximate surface area is 145 Å². The number of para-hydroxylation sites is 1. The Morgan fingerprint density at radius 1 is 1.36 bits per heavy atom. The van der Waals surface area contributed by atoms with Gasteiger partial charge >= 0.3 is 0 Å². The molecular weight excluding hydrogens is 320 g/mol. The maximum absolute atomic E-state index is 12.3. The minimum Gasteiger partial charge on any atom is -0.496 e. The van der Waals surface area contributed by atoms with Crippen LogP contribution in [0.1, 0.15) is 17.4 Å². The van der Waals surface area contributed by atoms with Crippen LogP contribution in [0.4, 0.5) is 0 Å². The van der Waals surface area contributed by atoms with Crippen molar-refractivity contribution in [3.05, 3.63) is 54.5 Å². The van der Waals surface area contributed by atoms with Gasteiger partial charge in [0.05, 0.1) is 12.7 Å². The number of rotatable bonds is 7. The van der Waals surface area contributed by atoms with Crippen LogP contribution in [-0.2, 0) is 6.54 Å². The van der Waals surface area contributed by atoms with Crippen LogP contribution in [0.2, 0.25) is 0 Å². The smallest absolute Gasteiger partial charge is 0.273 e. The van der Waals surface area contributed by atoms with E-state index in [1.54, 1.807) is 19.4 Å². The van der Waals surface area contributed by atoms with Crippen LogP contribution in [0, 0.1) is 5.92 Å². The molecule has 0 aliphatic rings. The van der Waals surface area contributed by atoms with E-state index in [9.17, 15) is 4.79 Å². The summed E-state index contributed by atoms with van der Waals surface area (Å²) in [5.74, 6) is 1.13. The first-order valence-corrected chi connectivity index (χ1v) is 8.03. The van der Waals surface area contributed by atoms with Gasteiger partial charge in [0.15, 0.2) is 11.5 Å². The second kappa shape index (κ2) is 7.65. The van der Waals surface area contributed by atoms with Gasteiger partial charge in [-0.25, -0.2) is 0 Å². The number of methoxy groups -OCH3 is 1. The molecule has 2 heterocycles. The topological polar surface area (TPSA) is 82.2 Å². The monoisotopic (exact) mass is 340 g/mol. The third kappa shape index (κ3) is 4.06. The molecule has 1 aromatic carbocycles. The summed E-state index contributed by atoms with van der Waals surface area (Å²) in [6, 6.07) is 10.9. The molecule has 2 aromatic heterocycles. The molecule has 0 bridgehead atoms. The number of benzene rings is 1. The Bertz CT molecular complexity index is 826. The largest absolute Gasteiger partial charge is 0.496 e. The number of hydrogen-bond donors (Lipinski definition) is 1. The molecular formula is C18H20N4O3. The van der Waals surface area contributed by atoms with Crippen molar-refractivity contribution in [2.75, 3.05) is 13.7 Å². The maximum Gasteiger partial charge on any atom is 0.273 e. The molecule has 3 rings (SSSR count). The van der Waals surface area contributed by atoms with E-state index in [4.69, 9.17) is 9.26 Å². The maximum atomic E-state index is 12.3. The predicted octanol–water partition coefficient (Wildman–Crippen LogP) is 2.61. The molecule has 0 spiro atoms. The van der Waals surface area contributed by atoms with Crippen LogP contribution in [0.15, 0.2) is 53.3 Å². The zero-order valence-electron chi connectivity index (χ0n) is 14.2. The van der Waals surface area contributed by atoms with Crippen molar-refractivity contribution in [2.45, 2.75) is 13.5 Å². The number of carbonyl (C=O) groups excluding carboxylic acids is 1. The van der Waals surface area contributed by atoms with Gasteiger partial charge in [0.25, 0.3) is 5.91 Å². The fourth-order valence-electron chi connectivity index (χ4n) is 2.51. The summed E-state index contributed by atoms with van der Waals surface area (Å²) in [6.07, 6.45) is 3.63. The lowest BCUT2D eigenvalue weighted by Gasteiger charge is -2.11. The molecule has 0 saturated heterocycles. The Balaban J connectivity index is 1.61. The molecule has 1 unspecified atom stereocenters. The average molecular weight is 340 g/mol. The number of ether oxygens (including phenoxy) is 1. The summed E-state index contributed by atoms with van der Waals surface area (Å²) < 4.78 is 12.4. The Kier molecular flexibility index (Phi) is 5.13. The van der Waals surface area contributed by atoms with Gasteiger partial charge in [-0.15, -0.1) is 0 Å². The molecule has 1 amide bonds. The number of aromatic nitrogens is 3. The first-order chi connectivity index (χ1) is 12.2. The van der Waals surface area contributed by atoms with Crippen LogP contribution >= 0.6 is 0 Å². The molecule has 0 fully saturated rings. The predicted molar refractivity (Wildman–Crippen MR) is 92.2 cm³/mol. The summed E-state index contributed by atoms with van der Waals surface area (Å²) in [6.45, 7) is 3.30. The van der Waals surface area contributed by atoms with E-state index in [-0.39, 0.29) is 17.5 Å². The lowest BCUT2D eigenvalue weighted by atomic mass is 10.1. The number of carbonyl (C=O) groups is 1. The summed E-state index contributed by atoms with van der Waals surface area (Å²) in [4.78, 5) is 12.3. The number of nitrogens with zero attached hydrogens (tertiary/aromatic N) is 3. The molecule has 7 nitrogen and oxygen atoms in total. The van der Waals surface area contributed by atoms with Crippen LogP contribution in [-0.4, -0.2) is 34.5 Å². The third-order valence-corrected chi connectivity index (χ3v) is 3.78. The highest BCUT2D eigenvalue weighted by molar-refractivity contribution is 5.93. The number of hydrogen-bond acceptors (Lipinski definition) is 5. The van der Waals surface area contributed by atoms with Gasteiger partial charge in [-0.3, -0.25) is 9.48 Å². The van der Waals surface area contributed by atoms with E-state index in [1.807, 2.05) is 48.1 Å². The van der Waals surface area contributed by atoms with E-state index >= 15 is 0 Å². The van der Waals surface area contributed by atoms with E-state index in [0.29, 0.717) is 18.1 Å². The quantitative estimate of drug-likeness (QED) is 0.715. The second-order valence-electron chi connectivity index (χ2n) is 5.82. The van der Waals surface area contributed by atoms with E-state index in [1.165, 1.54) is 0 Å². The van der Waals surface area contributed by atoms with Gasteiger partial charge in [-0.05, 0) is 24.1 Å². The summed E-state index contributed by atoms with van der Waals surface area (Å²) >= 11 is 0. The molecule has 3 aromatic rings. The standard InChI is InChI=1S/C18H20N4O3/c1-13(12-22-9-5-8-20-22)11-19-18(23)15-10-17(25-21-15)14-6-3-4-7-16(14)24-2/h3-10,13H,11-12H2,1-2H3,(H,19,23). The minimum absolute atomic E-state index is 0.240. The summed E-state index contributed by atoms with van der Waals surface area (Å²) in [5, 5.41) is 10.9. The van der Waals surface area contributed by atoms with Gasteiger partial charge in [-0.1, -0.05) is 24.2 Å². The number of nitrogens with one attached hydrogen (secondary N) is 1. The van der Waals surface area contributed by atoms with E-state index in [0.717, 1.165) is 12.1 Å². The van der Waals surface area contributed by atoms with Gasteiger partial charge in [0.1, 0.15) is 5.75 Å². The Morgan fingerprint density at radius 3 is 2.96 bits per heavy atom. The fourth-order valence-corrected chi connectivity index (χ4v) is 2.51. The van der Waals surface area contributed by atoms with Gasteiger partial charge in [0.2, 0.25) is 0 Å².